The second-order valence-corrected chi connectivity index (χ2v) is 11.4. The zero-order valence-electron chi connectivity index (χ0n) is 20.8. The van der Waals surface area contributed by atoms with Crippen LogP contribution in [0.15, 0.2) is 83.8 Å². The molecular weight excluding hydrogens is 529 g/mol. The SMILES string of the molecule is O=C(N[C@@H](c1ccccc1)C(F)(F)F)[C@H]1CC[C@H](NS(=O)(=O)c2ccc3[nH]c(-c4ccccc4)nc3c2)CC1. The summed E-state index contributed by atoms with van der Waals surface area (Å²) in [6.07, 6.45) is -3.42. The van der Waals surface area contributed by atoms with Gasteiger partial charge in [0.2, 0.25) is 15.9 Å². The summed E-state index contributed by atoms with van der Waals surface area (Å²) in [5.41, 5.74) is 2.05. The number of nitrogens with one attached hydrogen (secondary N) is 3. The van der Waals surface area contributed by atoms with Crippen LogP contribution in [0.25, 0.3) is 22.4 Å². The van der Waals surface area contributed by atoms with Crippen molar-refractivity contribution in [2.45, 2.75) is 48.8 Å². The van der Waals surface area contributed by atoms with Crippen LogP contribution in [-0.4, -0.2) is 36.5 Å². The average Bonchev–Trinajstić information content (AvgIpc) is 3.36. The number of amides is 1. The Morgan fingerprint density at radius 2 is 1.56 bits per heavy atom. The van der Waals surface area contributed by atoms with E-state index in [1.54, 1.807) is 12.1 Å². The van der Waals surface area contributed by atoms with Gasteiger partial charge >= 0.3 is 6.18 Å². The lowest BCUT2D eigenvalue weighted by Crippen LogP contribution is -2.44. The Hall–Kier alpha value is -3.70. The number of halogens is 3. The molecule has 1 heterocycles. The largest absolute Gasteiger partial charge is 0.412 e. The zero-order chi connectivity index (χ0) is 27.6. The number of hydrogen-bond donors (Lipinski definition) is 3. The molecule has 0 aliphatic heterocycles. The fourth-order valence-electron chi connectivity index (χ4n) is 4.91. The van der Waals surface area contributed by atoms with Crippen molar-refractivity contribution in [2.24, 2.45) is 5.92 Å². The summed E-state index contributed by atoms with van der Waals surface area (Å²) in [7, 11) is -3.87. The van der Waals surface area contributed by atoms with E-state index in [0.717, 1.165) is 5.56 Å². The molecule has 0 spiro atoms. The van der Waals surface area contributed by atoms with Gasteiger partial charge in [0.05, 0.1) is 15.9 Å². The molecule has 1 aliphatic rings. The summed E-state index contributed by atoms with van der Waals surface area (Å²) >= 11 is 0. The molecule has 39 heavy (non-hydrogen) atoms. The predicted octanol–water partition coefficient (Wildman–Crippen LogP) is 5.49. The molecule has 0 saturated heterocycles. The van der Waals surface area contributed by atoms with Crippen molar-refractivity contribution < 1.29 is 26.4 Å². The number of aromatic nitrogens is 2. The number of alkyl halides is 3. The second kappa shape index (κ2) is 10.8. The third-order valence-electron chi connectivity index (χ3n) is 6.98. The average molecular weight is 557 g/mol. The van der Waals surface area contributed by atoms with Crippen LogP contribution in [0.3, 0.4) is 0 Å². The topological polar surface area (TPSA) is 104 Å². The van der Waals surface area contributed by atoms with Crippen LogP contribution in [-0.2, 0) is 14.8 Å². The number of nitrogens with zero attached hydrogens (tertiary/aromatic N) is 1. The molecule has 0 bridgehead atoms. The summed E-state index contributed by atoms with van der Waals surface area (Å²) in [5.74, 6) is -0.679. The van der Waals surface area contributed by atoms with E-state index in [1.165, 1.54) is 36.4 Å². The molecule has 1 amide bonds. The van der Waals surface area contributed by atoms with Gasteiger partial charge in [0.15, 0.2) is 6.04 Å². The Bertz CT molecular complexity index is 1550. The monoisotopic (exact) mass is 556 g/mol. The fraction of sp³-hybridized carbons (Fsp3) is 0.286. The van der Waals surface area contributed by atoms with E-state index in [-0.39, 0.29) is 23.3 Å². The summed E-state index contributed by atoms with van der Waals surface area (Å²) in [6.45, 7) is 0. The molecular formula is C28H27F3N4O3S. The number of hydrogen-bond acceptors (Lipinski definition) is 4. The Morgan fingerprint density at radius 1 is 0.923 bits per heavy atom. The molecule has 4 aromatic rings. The Kier molecular flexibility index (Phi) is 7.46. The lowest BCUT2D eigenvalue weighted by molar-refractivity contribution is -0.165. The van der Waals surface area contributed by atoms with Gasteiger partial charge in [-0.05, 0) is 49.4 Å². The van der Waals surface area contributed by atoms with Gasteiger partial charge in [-0.2, -0.15) is 13.2 Å². The molecule has 3 aromatic carbocycles. The molecule has 1 aliphatic carbocycles. The lowest BCUT2D eigenvalue weighted by Gasteiger charge is -2.30. The zero-order valence-corrected chi connectivity index (χ0v) is 21.6. The van der Waals surface area contributed by atoms with E-state index in [0.29, 0.717) is 29.7 Å². The predicted molar refractivity (Wildman–Crippen MR) is 141 cm³/mol. The van der Waals surface area contributed by atoms with E-state index in [9.17, 15) is 26.4 Å². The van der Waals surface area contributed by atoms with Gasteiger partial charge in [-0.15, -0.1) is 0 Å². The maximum atomic E-state index is 13.6. The van der Waals surface area contributed by atoms with Gasteiger partial charge in [-0.25, -0.2) is 18.1 Å². The highest BCUT2D eigenvalue weighted by atomic mass is 32.2. The highest BCUT2D eigenvalue weighted by Crippen LogP contribution is 2.34. The summed E-state index contributed by atoms with van der Waals surface area (Å²) < 4.78 is 69.8. The molecule has 1 aromatic heterocycles. The molecule has 7 nitrogen and oxygen atoms in total. The van der Waals surface area contributed by atoms with Crippen molar-refractivity contribution in [3.63, 3.8) is 0 Å². The number of sulfonamides is 1. The van der Waals surface area contributed by atoms with E-state index in [1.807, 2.05) is 30.3 Å². The molecule has 1 fully saturated rings. The fourth-order valence-corrected chi connectivity index (χ4v) is 6.23. The number of aromatic amines is 1. The molecule has 11 heteroatoms. The quantitative estimate of drug-likeness (QED) is 0.280. The van der Waals surface area contributed by atoms with E-state index < -0.39 is 40.1 Å². The van der Waals surface area contributed by atoms with E-state index >= 15 is 0 Å². The maximum Gasteiger partial charge on any atom is 0.412 e. The number of carbonyl (C=O) groups excluding carboxylic acids is 1. The summed E-state index contributed by atoms with van der Waals surface area (Å²) in [6, 6.07) is 18.8. The Labute approximate surface area is 223 Å². The second-order valence-electron chi connectivity index (χ2n) is 9.69. The first kappa shape index (κ1) is 26.9. The molecule has 0 radical (unpaired) electrons. The number of rotatable bonds is 7. The van der Waals surface area contributed by atoms with Crippen molar-refractivity contribution in [3.8, 4) is 11.4 Å². The van der Waals surface area contributed by atoms with Crippen molar-refractivity contribution in [3.05, 3.63) is 84.4 Å². The van der Waals surface area contributed by atoms with Crippen molar-refractivity contribution in [2.75, 3.05) is 0 Å². The number of fused-ring (bicyclic) bond motifs is 1. The van der Waals surface area contributed by atoms with Gasteiger partial charge in [0.25, 0.3) is 0 Å². The highest BCUT2D eigenvalue weighted by molar-refractivity contribution is 7.89. The van der Waals surface area contributed by atoms with Crippen LogP contribution in [0.1, 0.15) is 37.3 Å². The van der Waals surface area contributed by atoms with Crippen LogP contribution >= 0.6 is 0 Å². The Balaban J connectivity index is 1.21. The van der Waals surface area contributed by atoms with Crippen LogP contribution < -0.4 is 10.0 Å². The summed E-state index contributed by atoms with van der Waals surface area (Å²) in [5, 5.41) is 2.15. The van der Waals surface area contributed by atoms with Crippen molar-refractivity contribution in [1.29, 1.82) is 0 Å². The third-order valence-corrected chi connectivity index (χ3v) is 8.50. The first-order chi connectivity index (χ1) is 18.6. The smallest absolute Gasteiger partial charge is 0.341 e. The maximum absolute atomic E-state index is 13.6. The number of benzene rings is 3. The molecule has 5 rings (SSSR count). The lowest BCUT2D eigenvalue weighted by atomic mass is 9.85. The van der Waals surface area contributed by atoms with Gasteiger partial charge < -0.3 is 10.3 Å². The van der Waals surface area contributed by atoms with Crippen molar-refractivity contribution in [1.82, 2.24) is 20.0 Å². The van der Waals surface area contributed by atoms with Gasteiger partial charge in [-0.1, -0.05) is 60.7 Å². The van der Waals surface area contributed by atoms with E-state index in [2.05, 4.69) is 20.0 Å². The molecule has 3 N–H and O–H groups in total. The minimum absolute atomic E-state index is 0.0374. The Morgan fingerprint density at radius 3 is 2.21 bits per heavy atom. The van der Waals surface area contributed by atoms with Crippen LogP contribution in [0.4, 0.5) is 13.2 Å². The van der Waals surface area contributed by atoms with Gasteiger partial charge in [0, 0.05) is 17.5 Å². The molecule has 0 unspecified atom stereocenters. The van der Waals surface area contributed by atoms with Crippen molar-refractivity contribution >= 4 is 27.0 Å². The van der Waals surface area contributed by atoms with E-state index in [4.69, 9.17) is 0 Å². The van der Waals surface area contributed by atoms with Gasteiger partial charge in [-0.3, -0.25) is 4.79 Å². The summed E-state index contributed by atoms with van der Waals surface area (Å²) in [4.78, 5) is 20.5. The van der Waals surface area contributed by atoms with Crippen LogP contribution in [0.5, 0.6) is 0 Å². The standard InChI is InChI=1S/C28H27F3N4O3S/c29-28(30,31)25(18-7-3-1-4-8-18)34-27(36)20-11-13-21(14-12-20)35-39(37,38)22-15-16-23-24(17-22)33-26(32-23)19-9-5-2-6-10-19/h1-10,15-17,20-21,25,35H,11-14H2,(H,32,33)(H,34,36)/t20-,21-,25-/m0/s1. The molecule has 204 valence electrons. The normalized spacial score (nSPS) is 19.1. The van der Waals surface area contributed by atoms with Crippen LogP contribution in [0, 0.1) is 5.92 Å². The minimum atomic E-state index is -4.64. The number of imidazole rings is 1. The first-order valence-corrected chi connectivity index (χ1v) is 14.1. The highest BCUT2D eigenvalue weighted by Gasteiger charge is 2.43. The minimum Gasteiger partial charge on any atom is -0.341 e. The molecule has 1 atom stereocenters. The van der Waals surface area contributed by atoms with Crippen LogP contribution in [0.2, 0.25) is 0 Å². The first-order valence-electron chi connectivity index (χ1n) is 12.6. The number of H-pyrrole nitrogens is 1. The molecule has 1 saturated carbocycles. The number of carbonyl (C=O) groups is 1. The van der Waals surface area contributed by atoms with Gasteiger partial charge in [0.1, 0.15) is 5.82 Å². The third kappa shape index (κ3) is 6.15.